The van der Waals surface area contributed by atoms with Crippen LogP contribution in [0.2, 0.25) is 5.02 Å². The second kappa shape index (κ2) is 5.50. The summed E-state index contributed by atoms with van der Waals surface area (Å²) in [5.41, 5.74) is 1.91. The monoisotopic (exact) mass is 321 g/mol. The zero-order valence-corrected chi connectivity index (χ0v) is 12.4. The third-order valence-corrected chi connectivity index (χ3v) is 3.98. The number of anilines is 1. The molecule has 0 aromatic heterocycles. The average Bonchev–Trinajstić information content (AvgIpc) is 2.45. The Labute approximate surface area is 131 Å². The average molecular weight is 322 g/mol. The molecule has 22 heavy (non-hydrogen) atoms. The van der Waals surface area contributed by atoms with Crippen molar-refractivity contribution in [1.29, 1.82) is 0 Å². The molecular formula is C16H13ClFNO3. The van der Waals surface area contributed by atoms with Gasteiger partial charge in [-0.15, -0.1) is 0 Å². The van der Waals surface area contributed by atoms with Gasteiger partial charge in [0, 0.05) is 24.1 Å². The van der Waals surface area contributed by atoms with Gasteiger partial charge in [0.1, 0.15) is 5.75 Å². The zero-order chi connectivity index (χ0) is 15.9. The molecule has 4 nitrogen and oxygen atoms in total. The molecule has 0 bridgehead atoms. The molecule has 0 aliphatic carbocycles. The molecule has 1 heterocycles. The third kappa shape index (κ3) is 2.48. The summed E-state index contributed by atoms with van der Waals surface area (Å²) in [7, 11) is 1.34. The molecule has 2 aromatic carbocycles. The van der Waals surface area contributed by atoms with Gasteiger partial charge in [-0.25, -0.2) is 4.39 Å². The van der Waals surface area contributed by atoms with Crippen LogP contribution in [-0.4, -0.2) is 18.1 Å². The fourth-order valence-corrected chi connectivity index (χ4v) is 3.02. The Hall–Kier alpha value is -2.27. The first-order valence-corrected chi connectivity index (χ1v) is 7.03. The van der Waals surface area contributed by atoms with E-state index in [1.807, 2.05) is 0 Å². The van der Waals surface area contributed by atoms with Crippen LogP contribution in [0.4, 0.5) is 10.1 Å². The van der Waals surface area contributed by atoms with Crippen molar-refractivity contribution in [3.05, 3.63) is 52.3 Å². The molecule has 1 amide bonds. The van der Waals surface area contributed by atoms with Crippen LogP contribution in [0.1, 0.15) is 23.5 Å². The minimum atomic E-state index is -0.573. The van der Waals surface area contributed by atoms with Crippen molar-refractivity contribution in [3.8, 4) is 11.5 Å². The second-order valence-corrected chi connectivity index (χ2v) is 5.50. The van der Waals surface area contributed by atoms with E-state index in [0.717, 1.165) is 5.56 Å². The Morgan fingerprint density at radius 3 is 2.82 bits per heavy atom. The van der Waals surface area contributed by atoms with Crippen molar-refractivity contribution in [2.24, 2.45) is 0 Å². The van der Waals surface area contributed by atoms with E-state index in [0.29, 0.717) is 11.3 Å². The number of amides is 1. The smallest absolute Gasteiger partial charge is 0.225 e. The Morgan fingerprint density at radius 1 is 1.36 bits per heavy atom. The summed E-state index contributed by atoms with van der Waals surface area (Å²) in [5, 5.41) is 12.4. The van der Waals surface area contributed by atoms with E-state index in [9.17, 15) is 14.3 Å². The highest BCUT2D eigenvalue weighted by Crippen LogP contribution is 2.41. The van der Waals surface area contributed by atoms with E-state index in [4.69, 9.17) is 16.3 Å². The Kier molecular flexibility index (Phi) is 3.66. The lowest BCUT2D eigenvalue weighted by Crippen LogP contribution is -2.23. The largest absolute Gasteiger partial charge is 0.508 e. The summed E-state index contributed by atoms with van der Waals surface area (Å²) in [6, 6.07) is 7.64. The van der Waals surface area contributed by atoms with Gasteiger partial charge in [-0.2, -0.15) is 0 Å². The summed E-state index contributed by atoms with van der Waals surface area (Å²) in [6.45, 7) is 0. The van der Waals surface area contributed by atoms with Crippen LogP contribution in [-0.2, 0) is 4.79 Å². The second-order valence-electron chi connectivity index (χ2n) is 5.09. The number of hydrogen-bond acceptors (Lipinski definition) is 3. The highest BCUT2D eigenvalue weighted by molar-refractivity contribution is 6.32. The van der Waals surface area contributed by atoms with Gasteiger partial charge in [0.15, 0.2) is 11.6 Å². The molecule has 0 unspecified atom stereocenters. The summed E-state index contributed by atoms with van der Waals surface area (Å²) < 4.78 is 19.0. The Balaban J connectivity index is 2.11. The minimum absolute atomic E-state index is 0.0170. The number of methoxy groups -OCH3 is 1. The molecule has 1 aliphatic heterocycles. The number of aromatic hydroxyl groups is 1. The summed E-state index contributed by atoms with van der Waals surface area (Å²) >= 11 is 6.04. The summed E-state index contributed by atoms with van der Waals surface area (Å²) in [5.74, 6) is -1.07. The van der Waals surface area contributed by atoms with Gasteiger partial charge in [-0.05, 0) is 29.3 Å². The molecule has 2 N–H and O–H groups in total. The van der Waals surface area contributed by atoms with Crippen molar-refractivity contribution in [2.75, 3.05) is 12.4 Å². The van der Waals surface area contributed by atoms with Crippen LogP contribution in [0.15, 0.2) is 30.3 Å². The number of benzene rings is 2. The first-order chi connectivity index (χ1) is 10.5. The van der Waals surface area contributed by atoms with Crippen molar-refractivity contribution in [1.82, 2.24) is 0 Å². The predicted molar refractivity (Wildman–Crippen MR) is 81.2 cm³/mol. The maximum atomic E-state index is 14.1. The molecule has 0 saturated heterocycles. The summed E-state index contributed by atoms with van der Waals surface area (Å²) in [4.78, 5) is 11.9. The number of carbonyl (C=O) groups is 1. The van der Waals surface area contributed by atoms with Gasteiger partial charge in [-0.3, -0.25) is 4.79 Å². The highest BCUT2D eigenvalue weighted by Gasteiger charge is 2.28. The highest BCUT2D eigenvalue weighted by atomic mass is 35.5. The fraction of sp³-hybridized carbons (Fsp3) is 0.188. The molecule has 2 aromatic rings. The third-order valence-electron chi connectivity index (χ3n) is 3.70. The van der Waals surface area contributed by atoms with E-state index < -0.39 is 5.82 Å². The van der Waals surface area contributed by atoms with Crippen molar-refractivity contribution >= 4 is 23.2 Å². The number of fused-ring (bicyclic) bond motifs is 1. The first-order valence-electron chi connectivity index (χ1n) is 6.65. The van der Waals surface area contributed by atoms with Gasteiger partial charge in [0.25, 0.3) is 0 Å². The lowest BCUT2D eigenvalue weighted by molar-refractivity contribution is -0.116. The van der Waals surface area contributed by atoms with Crippen molar-refractivity contribution in [3.63, 3.8) is 0 Å². The molecule has 0 radical (unpaired) electrons. The van der Waals surface area contributed by atoms with Gasteiger partial charge in [-0.1, -0.05) is 17.7 Å². The fourth-order valence-electron chi connectivity index (χ4n) is 2.73. The Bertz CT molecular complexity index is 740. The lowest BCUT2D eigenvalue weighted by atomic mass is 9.84. The standard InChI is InChI=1S/C16H13ClFNO3/c1-22-16-12(17)4-8(5-13(16)18)11-7-15(21)19-14-6-9(20)2-3-10(11)14/h2-6,11,20H,7H2,1H3,(H,19,21)/t11-/m1/s1. The van der Waals surface area contributed by atoms with E-state index >= 15 is 0 Å². The predicted octanol–water partition coefficient (Wildman–Crippen LogP) is 3.67. The molecule has 114 valence electrons. The maximum absolute atomic E-state index is 14.1. The van der Waals surface area contributed by atoms with Crippen molar-refractivity contribution in [2.45, 2.75) is 12.3 Å². The van der Waals surface area contributed by atoms with E-state index in [1.54, 1.807) is 12.1 Å². The number of rotatable bonds is 2. The lowest BCUT2D eigenvalue weighted by Gasteiger charge is -2.26. The van der Waals surface area contributed by atoms with Crippen LogP contribution >= 0.6 is 11.6 Å². The molecule has 3 rings (SSSR count). The van der Waals surface area contributed by atoms with Gasteiger partial charge in [0.2, 0.25) is 5.91 Å². The SMILES string of the molecule is COc1c(F)cc([C@H]2CC(=O)Nc3cc(O)ccc32)cc1Cl. The van der Waals surface area contributed by atoms with Crippen LogP contribution in [0, 0.1) is 5.82 Å². The van der Waals surface area contributed by atoms with Crippen LogP contribution in [0.5, 0.6) is 11.5 Å². The topological polar surface area (TPSA) is 58.6 Å². The van der Waals surface area contributed by atoms with Gasteiger partial charge >= 0.3 is 0 Å². The van der Waals surface area contributed by atoms with E-state index in [-0.39, 0.29) is 34.8 Å². The zero-order valence-electron chi connectivity index (χ0n) is 11.7. The number of halogens is 2. The number of carbonyl (C=O) groups excluding carboxylic acids is 1. The summed E-state index contributed by atoms with van der Waals surface area (Å²) in [6.07, 6.45) is 0.180. The normalized spacial score (nSPS) is 16.9. The first kappa shape index (κ1) is 14.7. The van der Waals surface area contributed by atoms with Crippen LogP contribution in [0.25, 0.3) is 0 Å². The molecule has 1 aliphatic rings. The quantitative estimate of drug-likeness (QED) is 0.887. The molecule has 0 spiro atoms. The number of ether oxygens (including phenoxy) is 1. The molecule has 6 heteroatoms. The number of hydrogen-bond donors (Lipinski definition) is 2. The number of nitrogens with one attached hydrogen (secondary N) is 1. The molecule has 0 fully saturated rings. The van der Waals surface area contributed by atoms with Gasteiger partial charge in [0.05, 0.1) is 12.1 Å². The minimum Gasteiger partial charge on any atom is -0.508 e. The number of phenolic OH excluding ortho intramolecular Hbond substituents is 1. The van der Waals surface area contributed by atoms with Crippen LogP contribution < -0.4 is 10.1 Å². The van der Waals surface area contributed by atoms with Crippen LogP contribution in [0.3, 0.4) is 0 Å². The van der Waals surface area contributed by atoms with Gasteiger partial charge < -0.3 is 15.2 Å². The molecule has 0 saturated carbocycles. The van der Waals surface area contributed by atoms with Crippen molar-refractivity contribution < 1.29 is 19.0 Å². The maximum Gasteiger partial charge on any atom is 0.225 e. The number of phenols is 1. The molecular weight excluding hydrogens is 309 g/mol. The molecule has 1 atom stereocenters. The van der Waals surface area contributed by atoms with E-state index in [2.05, 4.69) is 5.32 Å². The van der Waals surface area contributed by atoms with E-state index in [1.165, 1.54) is 25.3 Å². The Morgan fingerprint density at radius 2 is 2.14 bits per heavy atom.